The number of hydrogen-bond acceptors (Lipinski definition) is 0. The minimum Gasteiger partial charge on any atom is -0.118 e. The Balaban J connectivity index is 2.52. The first kappa shape index (κ1) is 13.4. The molecule has 0 spiro atoms. The first-order valence-electron chi connectivity index (χ1n) is 6.51. The summed E-state index contributed by atoms with van der Waals surface area (Å²) in [5, 5.41) is 2.65. The quantitative estimate of drug-likeness (QED) is 0.593. The number of fused-ring (bicyclic) bond motifs is 1. The van der Waals surface area contributed by atoms with Crippen molar-refractivity contribution < 1.29 is 0 Å². The van der Waals surface area contributed by atoms with Gasteiger partial charge < -0.3 is 0 Å². The molecule has 0 aromatic heterocycles. The highest BCUT2D eigenvalue weighted by atomic mass is 35.5. The molecular weight excluding hydrogens is 240 g/mol. The van der Waals surface area contributed by atoms with Crippen LogP contribution in [0.5, 0.6) is 0 Å². The molecule has 0 nitrogen and oxygen atoms in total. The Morgan fingerprint density at radius 3 is 2.39 bits per heavy atom. The summed E-state index contributed by atoms with van der Waals surface area (Å²) in [7, 11) is 0. The molecule has 1 atom stereocenters. The largest absolute Gasteiger partial charge is 0.118 e. The number of rotatable bonds is 2. The van der Waals surface area contributed by atoms with E-state index < -0.39 is 0 Å². The standard InChI is InChI=1S/C17H21Cl/c1-12-9-10-13-7-5-6-8-14(13)16(12)15(18)11-17(2,3)4/h5-10,15H,11H2,1-4H3. The van der Waals surface area contributed by atoms with Gasteiger partial charge in [-0.15, -0.1) is 11.6 Å². The zero-order valence-corrected chi connectivity index (χ0v) is 12.4. The van der Waals surface area contributed by atoms with Gasteiger partial charge in [0.05, 0.1) is 5.38 Å². The third-order valence-electron chi connectivity index (χ3n) is 3.29. The Hall–Kier alpha value is -1.01. The molecule has 2 rings (SSSR count). The lowest BCUT2D eigenvalue weighted by molar-refractivity contribution is 0.373. The molecule has 0 aliphatic carbocycles. The Kier molecular flexibility index (Phi) is 3.68. The molecule has 0 radical (unpaired) electrons. The molecule has 0 aliphatic heterocycles. The molecule has 96 valence electrons. The lowest BCUT2D eigenvalue weighted by Crippen LogP contribution is -2.09. The zero-order valence-electron chi connectivity index (χ0n) is 11.6. The van der Waals surface area contributed by atoms with Crippen molar-refractivity contribution >= 4 is 22.4 Å². The van der Waals surface area contributed by atoms with E-state index in [-0.39, 0.29) is 10.8 Å². The highest BCUT2D eigenvalue weighted by molar-refractivity contribution is 6.22. The first-order valence-corrected chi connectivity index (χ1v) is 6.94. The Morgan fingerprint density at radius 2 is 1.72 bits per heavy atom. The molecule has 0 N–H and O–H groups in total. The van der Waals surface area contributed by atoms with E-state index in [1.165, 1.54) is 21.9 Å². The third-order valence-corrected chi connectivity index (χ3v) is 3.67. The van der Waals surface area contributed by atoms with E-state index in [1.54, 1.807) is 0 Å². The fourth-order valence-corrected chi connectivity index (χ4v) is 3.21. The maximum atomic E-state index is 6.68. The lowest BCUT2D eigenvalue weighted by Gasteiger charge is -2.24. The van der Waals surface area contributed by atoms with E-state index in [1.807, 2.05) is 0 Å². The van der Waals surface area contributed by atoms with Crippen LogP contribution in [0.1, 0.15) is 43.7 Å². The van der Waals surface area contributed by atoms with Crippen LogP contribution in [0.15, 0.2) is 36.4 Å². The number of benzene rings is 2. The summed E-state index contributed by atoms with van der Waals surface area (Å²) < 4.78 is 0. The van der Waals surface area contributed by atoms with Crippen LogP contribution in [0, 0.1) is 12.3 Å². The monoisotopic (exact) mass is 260 g/mol. The van der Waals surface area contributed by atoms with Crippen LogP contribution in [0.4, 0.5) is 0 Å². The molecule has 0 bridgehead atoms. The van der Waals surface area contributed by atoms with Crippen LogP contribution >= 0.6 is 11.6 Å². The second kappa shape index (κ2) is 4.93. The van der Waals surface area contributed by atoms with Gasteiger partial charge in [-0.2, -0.15) is 0 Å². The van der Waals surface area contributed by atoms with E-state index in [0.29, 0.717) is 0 Å². The van der Waals surface area contributed by atoms with Crippen LogP contribution in [-0.2, 0) is 0 Å². The molecule has 0 fully saturated rings. The summed E-state index contributed by atoms with van der Waals surface area (Å²) >= 11 is 6.68. The van der Waals surface area contributed by atoms with Crippen molar-refractivity contribution in [3.8, 4) is 0 Å². The van der Waals surface area contributed by atoms with Crippen molar-refractivity contribution in [1.29, 1.82) is 0 Å². The van der Waals surface area contributed by atoms with Gasteiger partial charge in [-0.05, 0) is 40.7 Å². The average molecular weight is 261 g/mol. The van der Waals surface area contributed by atoms with Gasteiger partial charge in [-0.3, -0.25) is 0 Å². The van der Waals surface area contributed by atoms with Crippen LogP contribution in [0.2, 0.25) is 0 Å². The normalized spacial score (nSPS) is 13.8. The van der Waals surface area contributed by atoms with Crippen molar-refractivity contribution in [3.63, 3.8) is 0 Å². The van der Waals surface area contributed by atoms with Crippen LogP contribution in [-0.4, -0.2) is 0 Å². The summed E-state index contributed by atoms with van der Waals surface area (Å²) in [6.45, 7) is 8.87. The van der Waals surface area contributed by atoms with Gasteiger partial charge in [0.1, 0.15) is 0 Å². The second-order valence-electron chi connectivity index (χ2n) is 6.25. The van der Waals surface area contributed by atoms with Crippen LogP contribution in [0.25, 0.3) is 10.8 Å². The fourth-order valence-electron chi connectivity index (χ4n) is 2.46. The molecule has 0 heterocycles. The van der Waals surface area contributed by atoms with E-state index >= 15 is 0 Å². The number of hydrogen-bond donors (Lipinski definition) is 0. The average Bonchev–Trinajstić information content (AvgIpc) is 2.26. The zero-order chi connectivity index (χ0) is 13.3. The van der Waals surface area contributed by atoms with Crippen LogP contribution in [0.3, 0.4) is 0 Å². The molecule has 0 amide bonds. The van der Waals surface area contributed by atoms with Gasteiger partial charge in [-0.25, -0.2) is 0 Å². The van der Waals surface area contributed by atoms with Gasteiger partial charge in [0.2, 0.25) is 0 Å². The van der Waals surface area contributed by atoms with Gasteiger partial charge in [-0.1, -0.05) is 57.2 Å². The smallest absolute Gasteiger partial charge is 0.0598 e. The molecule has 18 heavy (non-hydrogen) atoms. The molecule has 1 heteroatoms. The molecule has 2 aromatic carbocycles. The van der Waals surface area contributed by atoms with Gasteiger partial charge in [0.25, 0.3) is 0 Å². The highest BCUT2D eigenvalue weighted by Gasteiger charge is 2.21. The highest BCUT2D eigenvalue weighted by Crippen LogP contribution is 2.38. The topological polar surface area (TPSA) is 0 Å². The number of halogens is 1. The first-order chi connectivity index (χ1) is 8.38. The van der Waals surface area contributed by atoms with Crippen molar-refractivity contribution in [2.45, 2.75) is 39.5 Å². The Bertz CT molecular complexity index is 549. The fraction of sp³-hybridized carbons (Fsp3) is 0.412. The third kappa shape index (κ3) is 2.87. The van der Waals surface area contributed by atoms with Gasteiger partial charge >= 0.3 is 0 Å². The molecule has 0 saturated carbocycles. The summed E-state index contributed by atoms with van der Waals surface area (Å²) in [6, 6.07) is 12.8. The van der Waals surface area contributed by atoms with E-state index in [2.05, 4.69) is 64.1 Å². The number of aryl methyl sites for hydroxylation is 1. The van der Waals surface area contributed by atoms with Gasteiger partial charge in [0, 0.05) is 0 Å². The molecule has 1 unspecified atom stereocenters. The van der Waals surface area contributed by atoms with Crippen molar-refractivity contribution in [3.05, 3.63) is 47.5 Å². The maximum absolute atomic E-state index is 6.68. The van der Waals surface area contributed by atoms with Crippen LogP contribution < -0.4 is 0 Å². The summed E-state index contributed by atoms with van der Waals surface area (Å²) in [4.78, 5) is 0. The molecular formula is C17H21Cl. The van der Waals surface area contributed by atoms with Crippen molar-refractivity contribution in [2.24, 2.45) is 5.41 Å². The maximum Gasteiger partial charge on any atom is 0.0598 e. The van der Waals surface area contributed by atoms with Crippen molar-refractivity contribution in [2.75, 3.05) is 0 Å². The van der Waals surface area contributed by atoms with Crippen molar-refractivity contribution in [1.82, 2.24) is 0 Å². The summed E-state index contributed by atoms with van der Waals surface area (Å²) in [5.74, 6) is 0. The molecule has 0 aliphatic rings. The Morgan fingerprint density at radius 1 is 1.06 bits per heavy atom. The predicted octanol–water partition coefficient (Wildman–Crippen LogP) is 5.86. The second-order valence-corrected chi connectivity index (χ2v) is 6.78. The SMILES string of the molecule is Cc1ccc2ccccc2c1C(Cl)CC(C)(C)C. The van der Waals surface area contributed by atoms with E-state index in [9.17, 15) is 0 Å². The minimum atomic E-state index is 0.0797. The van der Waals surface area contributed by atoms with Gasteiger partial charge in [0.15, 0.2) is 0 Å². The summed E-state index contributed by atoms with van der Waals surface area (Å²) in [6.07, 6.45) is 0.989. The minimum absolute atomic E-state index is 0.0797. The predicted molar refractivity (Wildman–Crippen MR) is 81.4 cm³/mol. The Labute approximate surface area is 115 Å². The van der Waals surface area contributed by atoms with E-state index in [4.69, 9.17) is 11.6 Å². The molecule has 2 aromatic rings. The summed E-state index contributed by atoms with van der Waals surface area (Å²) in [5.41, 5.74) is 2.83. The number of alkyl halides is 1. The lowest BCUT2D eigenvalue weighted by atomic mass is 9.86. The molecule has 0 saturated heterocycles. The van der Waals surface area contributed by atoms with E-state index in [0.717, 1.165) is 6.42 Å².